The Labute approximate surface area is 129 Å². The third kappa shape index (κ3) is 4.11. The zero-order valence-electron chi connectivity index (χ0n) is 11.1. The van der Waals surface area contributed by atoms with Crippen LogP contribution in [-0.2, 0) is 7.05 Å². The number of nitrogens with one attached hydrogen (secondary N) is 1. The summed E-state index contributed by atoms with van der Waals surface area (Å²) in [4.78, 5) is 12.0. The van der Waals surface area contributed by atoms with Gasteiger partial charge in [-0.1, -0.05) is 0 Å². The van der Waals surface area contributed by atoms with Crippen molar-refractivity contribution in [1.82, 2.24) is 20.1 Å². The van der Waals surface area contributed by atoms with E-state index in [0.29, 0.717) is 17.1 Å². The number of halogens is 2. The van der Waals surface area contributed by atoms with Gasteiger partial charge in [0.05, 0.1) is 6.04 Å². The maximum atomic E-state index is 12.0. The van der Waals surface area contributed by atoms with Gasteiger partial charge in [0.1, 0.15) is 6.33 Å². The minimum Gasteiger partial charge on any atom is -0.399 e. The number of nitrogen functional groups attached to an aromatic ring is 1. The average Bonchev–Trinajstić information content (AvgIpc) is 2.76. The number of nitrogens with zero attached hydrogens (tertiary/aromatic N) is 3. The molecule has 0 fully saturated rings. The largest absolute Gasteiger partial charge is 0.399 e. The first-order valence-electron chi connectivity index (χ1n) is 5.58. The van der Waals surface area contributed by atoms with Crippen LogP contribution < -0.4 is 11.1 Å². The van der Waals surface area contributed by atoms with E-state index in [1.54, 1.807) is 35.2 Å². The van der Waals surface area contributed by atoms with Crippen LogP contribution in [0.3, 0.4) is 0 Å². The van der Waals surface area contributed by atoms with E-state index >= 15 is 0 Å². The second kappa shape index (κ2) is 7.72. The molecule has 0 saturated heterocycles. The summed E-state index contributed by atoms with van der Waals surface area (Å²) >= 11 is 0. The summed E-state index contributed by atoms with van der Waals surface area (Å²) in [5, 5.41) is 10.6. The van der Waals surface area contributed by atoms with Crippen molar-refractivity contribution in [3.8, 4) is 0 Å². The minimum atomic E-state index is -0.206. The molecular formula is C12H17Cl2N5O. The number of rotatable bonds is 3. The summed E-state index contributed by atoms with van der Waals surface area (Å²) in [6, 6.07) is 6.56. The van der Waals surface area contributed by atoms with Gasteiger partial charge in [-0.05, 0) is 31.2 Å². The highest BCUT2D eigenvalue weighted by atomic mass is 35.5. The van der Waals surface area contributed by atoms with E-state index in [1.807, 2.05) is 14.0 Å². The first-order chi connectivity index (χ1) is 8.58. The standard InChI is InChI=1S/C12H15N5O.2ClH/c1-8(11-16-14-7-17(11)2)15-12(18)9-3-5-10(13)6-4-9;;/h3-8H,13H2,1-2H3,(H,15,18);2*1H. The molecule has 0 radical (unpaired) electrons. The fourth-order valence-corrected chi connectivity index (χ4v) is 1.66. The van der Waals surface area contributed by atoms with Gasteiger partial charge in [-0.2, -0.15) is 0 Å². The normalized spacial score (nSPS) is 10.9. The highest BCUT2D eigenvalue weighted by Crippen LogP contribution is 2.10. The Morgan fingerprint density at radius 3 is 2.40 bits per heavy atom. The van der Waals surface area contributed by atoms with Crippen molar-refractivity contribution in [2.45, 2.75) is 13.0 Å². The number of hydrogen-bond acceptors (Lipinski definition) is 4. The Kier molecular flexibility index (Phi) is 7.02. The second-order valence-electron chi connectivity index (χ2n) is 4.12. The third-order valence-corrected chi connectivity index (χ3v) is 2.65. The zero-order valence-corrected chi connectivity index (χ0v) is 12.7. The average molecular weight is 318 g/mol. The number of aryl methyl sites for hydroxylation is 1. The lowest BCUT2D eigenvalue weighted by Crippen LogP contribution is -2.28. The van der Waals surface area contributed by atoms with E-state index in [4.69, 9.17) is 5.73 Å². The van der Waals surface area contributed by atoms with Crippen LogP contribution in [-0.4, -0.2) is 20.7 Å². The predicted octanol–water partition coefficient (Wildman–Crippen LogP) is 1.73. The molecule has 6 nitrogen and oxygen atoms in total. The van der Waals surface area contributed by atoms with Crippen LogP contribution >= 0.6 is 24.8 Å². The molecule has 1 unspecified atom stereocenters. The Balaban J connectivity index is 0.00000180. The molecule has 0 aliphatic rings. The van der Waals surface area contributed by atoms with Gasteiger partial charge in [-0.25, -0.2) is 0 Å². The molecule has 2 rings (SSSR count). The van der Waals surface area contributed by atoms with Crippen LogP contribution in [0.5, 0.6) is 0 Å². The van der Waals surface area contributed by atoms with E-state index in [9.17, 15) is 4.79 Å². The van der Waals surface area contributed by atoms with E-state index in [0.717, 1.165) is 0 Å². The minimum absolute atomic E-state index is 0. The molecule has 1 aromatic carbocycles. The summed E-state index contributed by atoms with van der Waals surface area (Å²) in [5.74, 6) is 0.546. The van der Waals surface area contributed by atoms with Crippen LogP contribution in [0.2, 0.25) is 0 Å². The van der Waals surface area contributed by atoms with Crippen LogP contribution in [0.25, 0.3) is 0 Å². The van der Waals surface area contributed by atoms with Crippen LogP contribution in [0, 0.1) is 0 Å². The van der Waals surface area contributed by atoms with E-state index < -0.39 is 0 Å². The quantitative estimate of drug-likeness (QED) is 0.844. The molecule has 1 aromatic heterocycles. The fraction of sp³-hybridized carbons (Fsp3) is 0.250. The molecular weight excluding hydrogens is 301 g/mol. The lowest BCUT2D eigenvalue weighted by Gasteiger charge is -2.12. The Morgan fingerprint density at radius 2 is 1.90 bits per heavy atom. The van der Waals surface area contributed by atoms with Crippen LogP contribution in [0.4, 0.5) is 5.69 Å². The molecule has 1 amide bonds. The lowest BCUT2D eigenvalue weighted by atomic mass is 10.2. The van der Waals surface area contributed by atoms with Gasteiger partial charge in [0.2, 0.25) is 0 Å². The van der Waals surface area contributed by atoms with Gasteiger partial charge >= 0.3 is 0 Å². The number of anilines is 1. The predicted molar refractivity (Wildman–Crippen MR) is 82.2 cm³/mol. The molecule has 2 aromatic rings. The van der Waals surface area contributed by atoms with E-state index in [1.165, 1.54) is 0 Å². The molecule has 0 aliphatic heterocycles. The molecule has 0 saturated carbocycles. The SMILES string of the molecule is CC(NC(=O)c1ccc(N)cc1)c1nncn1C.Cl.Cl. The Hall–Kier alpha value is -1.79. The summed E-state index contributed by atoms with van der Waals surface area (Å²) in [7, 11) is 1.83. The van der Waals surface area contributed by atoms with Gasteiger partial charge in [0, 0.05) is 18.3 Å². The topological polar surface area (TPSA) is 85.8 Å². The molecule has 0 bridgehead atoms. The number of aromatic nitrogens is 3. The second-order valence-corrected chi connectivity index (χ2v) is 4.12. The van der Waals surface area contributed by atoms with Gasteiger partial charge in [0.15, 0.2) is 5.82 Å². The molecule has 1 atom stereocenters. The maximum Gasteiger partial charge on any atom is 0.251 e. The van der Waals surface area contributed by atoms with Gasteiger partial charge in [-0.3, -0.25) is 4.79 Å². The Bertz CT molecular complexity index is 555. The van der Waals surface area contributed by atoms with Crippen molar-refractivity contribution >= 4 is 36.4 Å². The number of nitrogens with two attached hydrogens (primary N) is 1. The maximum absolute atomic E-state index is 12.0. The summed E-state index contributed by atoms with van der Waals surface area (Å²) in [5.41, 5.74) is 6.77. The number of carbonyl (C=O) groups excluding carboxylic acids is 1. The summed E-state index contributed by atoms with van der Waals surface area (Å²) < 4.78 is 1.77. The number of amides is 1. The van der Waals surface area contributed by atoms with Crippen LogP contribution in [0.15, 0.2) is 30.6 Å². The molecule has 3 N–H and O–H groups in total. The summed E-state index contributed by atoms with van der Waals surface area (Å²) in [6.07, 6.45) is 1.60. The van der Waals surface area contributed by atoms with E-state index in [2.05, 4.69) is 15.5 Å². The van der Waals surface area contributed by atoms with Crippen molar-refractivity contribution in [3.05, 3.63) is 42.0 Å². The molecule has 0 spiro atoms. The highest BCUT2D eigenvalue weighted by molar-refractivity contribution is 5.94. The molecule has 0 aliphatic carbocycles. The fourth-order valence-electron chi connectivity index (χ4n) is 1.66. The number of hydrogen-bond donors (Lipinski definition) is 2. The molecule has 110 valence electrons. The third-order valence-electron chi connectivity index (χ3n) is 2.65. The number of carbonyl (C=O) groups is 1. The smallest absolute Gasteiger partial charge is 0.251 e. The van der Waals surface area contributed by atoms with Gasteiger partial charge in [-0.15, -0.1) is 35.0 Å². The van der Waals surface area contributed by atoms with Crippen molar-refractivity contribution in [1.29, 1.82) is 0 Å². The highest BCUT2D eigenvalue weighted by Gasteiger charge is 2.15. The monoisotopic (exact) mass is 317 g/mol. The Morgan fingerprint density at radius 1 is 1.30 bits per heavy atom. The van der Waals surface area contributed by atoms with Crippen molar-refractivity contribution in [2.24, 2.45) is 7.05 Å². The lowest BCUT2D eigenvalue weighted by molar-refractivity contribution is 0.0938. The zero-order chi connectivity index (χ0) is 13.1. The van der Waals surface area contributed by atoms with E-state index in [-0.39, 0.29) is 36.8 Å². The van der Waals surface area contributed by atoms with Crippen molar-refractivity contribution < 1.29 is 4.79 Å². The number of benzene rings is 1. The molecule has 1 heterocycles. The molecule has 20 heavy (non-hydrogen) atoms. The van der Waals surface area contributed by atoms with Gasteiger partial charge in [0.25, 0.3) is 5.91 Å². The molecule has 8 heteroatoms. The first kappa shape index (κ1) is 18.2. The van der Waals surface area contributed by atoms with Crippen LogP contribution in [0.1, 0.15) is 29.1 Å². The van der Waals surface area contributed by atoms with Crippen molar-refractivity contribution in [2.75, 3.05) is 5.73 Å². The first-order valence-corrected chi connectivity index (χ1v) is 5.58. The van der Waals surface area contributed by atoms with Gasteiger partial charge < -0.3 is 15.6 Å². The van der Waals surface area contributed by atoms with Crippen molar-refractivity contribution in [3.63, 3.8) is 0 Å². The summed E-state index contributed by atoms with van der Waals surface area (Å²) in [6.45, 7) is 1.86.